The summed E-state index contributed by atoms with van der Waals surface area (Å²) in [4.78, 5) is 36.5. The smallest absolute Gasteiger partial charge is 0.331 e. The first kappa shape index (κ1) is 30.2. The number of fused-ring (bicyclic) bond motifs is 5. The minimum absolute atomic E-state index is 0.0706. The first-order chi connectivity index (χ1) is 19.9. The molecule has 0 aromatic carbocycles. The van der Waals surface area contributed by atoms with E-state index in [1.165, 1.54) is 6.92 Å². The number of aldehydes is 1. The molecule has 42 heavy (non-hydrogen) atoms. The Labute approximate surface area is 247 Å². The number of ether oxygens (including phenoxy) is 5. The maximum absolute atomic E-state index is 13.1. The molecule has 6 rings (SSSR count). The molecule has 10 heteroatoms. The molecule has 0 amide bonds. The second kappa shape index (κ2) is 10.6. The Morgan fingerprint density at radius 2 is 1.86 bits per heavy atom. The standard InChI is InChI=1S/C32H46O10/c1-18-28(41-19(2)34)25(38-4)14-27(40-18)42-21-5-10-30(17-33)23-6-9-29(3)22(20-13-26(35)39-16-20)8-12-32(29,37)24(23)7-11-31(30,36)15-21/h13,17-18,21-25,27-28,36-37H,5-12,14-16H2,1-4H3/t18-,21+,22+,23-,24+,25+,27-,28+,29+,30-,31-,32+/m0/s1. The summed E-state index contributed by atoms with van der Waals surface area (Å²) in [6, 6.07) is 0. The summed E-state index contributed by atoms with van der Waals surface area (Å²) < 4.78 is 28.7. The molecule has 10 nitrogen and oxygen atoms in total. The molecular weight excluding hydrogens is 544 g/mol. The molecule has 2 aliphatic heterocycles. The maximum atomic E-state index is 13.1. The fourth-order valence-corrected chi connectivity index (χ4v) is 10.3. The molecular formula is C32H46O10. The van der Waals surface area contributed by atoms with Gasteiger partial charge in [-0.1, -0.05) is 6.92 Å². The first-order valence-corrected chi connectivity index (χ1v) is 15.7. The van der Waals surface area contributed by atoms with Crippen molar-refractivity contribution in [2.45, 2.75) is 127 Å². The van der Waals surface area contributed by atoms with Gasteiger partial charge in [0.2, 0.25) is 0 Å². The van der Waals surface area contributed by atoms with Crippen LogP contribution in [0.1, 0.15) is 85.0 Å². The van der Waals surface area contributed by atoms with Gasteiger partial charge in [0.15, 0.2) is 12.4 Å². The molecule has 0 unspecified atom stereocenters. The van der Waals surface area contributed by atoms with E-state index in [1.807, 2.05) is 6.92 Å². The van der Waals surface area contributed by atoms with E-state index in [2.05, 4.69) is 6.92 Å². The predicted octanol–water partition coefficient (Wildman–Crippen LogP) is 3.00. The van der Waals surface area contributed by atoms with Crippen molar-refractivity contribution in [2.24, 2.45) is 28.6 Å². The molecule has 234 valence electrons. The van der Waals surface area contributed by atoms with E-state index in [-0.39, 0.29) is 35.9 Å². The number of cyclic esters (lactones) is 1. The van der Waals surface area contributed by atoms with Crippen molar-refractivity contribution in [3.63, 3.8) is 0 Å². The lowest BCUT2D eigenvalue weighted by Crippen LogP contribution is -2.69. The molecule has 4 saturated carbocycles. The normalized spacial score (nSPS) is 50.1. The third-order valence-corrected chi connectivity index (χ3v) is 12.4. The van der Waals surface area contributed by atoms with Crippen LogP contribution in [0.4, 0.5) is 0 Å². The topological polar surface area (TPSA) is 138 Å². The van der Waals surface area contributed by atoms with Gasteiger partial charge in [0, 0.05) is 38.4 Å². The number of rotatable bonds is 6. The lowest BCUT2D eigenvalue weighted by Gasteiger charge is -2.65. The van der Waals surface area contributed by atoms with E-state index in [9.17, 15) is 24.6 Å². The van der Waals surface area contributed by atoms with Crippen LogP contribution in [0.3, 0.4) is 0 Å². The molecule has 0 bridgehead atoms. The van der Waals surface area contributed by atoms with Crippen LogP contribution in [0.2, 0.25) is 0 Å². The monoisotopic (exact) mass is 590 g/mol. The Hall–Kier alpha value is -1.85. The van der Waals surface area contributed by atoms with Crippen molar-refractivity contribution < 1.29 is 48.3 Å². The van der Waals surface area contributed by atoms with Crippen LogP contribution < -0.4 is 0 Å². The SMILES string of the molecule is CO[C@@H]1C[C@H](O[C@@H]2CC[C@]3(C=O)[C@H]4CC[C@]5(C)[C@@H](C6=CC(=O)OC6)CC[C@@]5(O)[C@@H]4CC[C@]3(O)C2)O[C@@H](C)[C@H]1OC(C)=O. The summed E-state index contributed by atoms with van der Waals surface area (Å²) in [6.45, 7) is 5.63. The zero-order valence-corrected chi connectivity index (χ0v) is 25.2. The molecule has 4 aliphatic carbocycles. The van der Waals surface area contributed by atoms with Crippen molar-refractivity contribution in [3.05, 3.63) is 11.6 Å². The number of carbonyl (C=O) groups is 3. The Bertz CT molecular complexity index is 1140. The van der Waals surface area contributed by atoms with Gasteiger partial charge in [-0.05, 0) is 81.6 Å². The number of aliphatic hydroxyl groups is 2. The second-order valence-electron chi connectivity index (χ2n) is 14.1. The summed E-state index contributed by atoms with van der Waals surface area (Å²) in [6.07, 6.45) is 6.06. The van der Waals surface area contributed by atoms with E-state index >= 15 is 0 Å². The van der Waals surface area contributed by atoms with Crippen LogP contribution >= 0.6 is 0 Å². The number of carbonyl (C=O) groups excluding carboxylic acids is 3. The van der Waals surface area contributed by atoms with Gasteiger partial charge in [-0.2, -0.15) is 0 Å². The van der Waals surface area contributed by atoms with Crippen LogP contribution in [0.15, 0.2) is 11.6 Å². The summed E-state index contributed by atoms with van der Waals surface area (Å²) in [5.74, 6) is -0.871. The highest BCUT2D eigenvalue weighted by molar-refractivity contribution is 5.85. The van der Waals surface area contributed by atoms with E-state index in [0.717, 1.165) is 31.1 Å². The van der Waals surface area contributed by atoms with E-state index < -0.39 is 46.5 Å². The van der Waals surface area contributed by atoms with Gasteiger partial charge in [0.25, 0.3) is 0 Å². The molecule has 0 spiro atoms. The van der Waals surface area contributed by atoms with Crippen LogP contribution in [-0.2, 0) is 38.1 Å². The van der Waals surface area contributed by atoms with E-state index in [1.54, 1.807) is 13.2 Å². The third kappa shape index (κ3) is 4.42. The van der Waals surface area contributed by atoms with Crippen LogP contribution in [-0.4, -0.2) is 84.1 Å². The minimum atomic E-state index is -1.24. The number of hydrogen-bond acceptors (Lipinski definition) is 10. The quantitative estimate of drug-likeness (QED) is 0.270. The fraction of sp³-hybridized carbons (Fsp3) is 0.844. The van der Waals surface area contributed by atoms with Crippen LogP contribution in [0.5, 0.6) is 0 Å². The highest BCUT2D eigenvalue weighted by Gasteiger charge is 2.71. The van der Waals surface area contributed by atoms with Gasteiger partial charge < -0.3 is 38.7 Å². The van der Waals surface area contributed by atoms with Gasteiger partial charge in [-0.3, -0.25) is 4.79 Å². The van der Waals surface area contributed by atoms with Gasteiger partial charge in [-0.25, -0.2) is 4.79 Å². The largest absolute Gasteiger partial charge is 0.458 e. The minimum Gasteiger partial charge on any atom is -0.458 e. The first-order valence-electron chi connectivity index (χ1n) is 15.7. The van der Waals surface area contributed by atoms with Crippen molar-refractivity contribution in [2.75, 3.05) is 13.7 Å². The van der Waals surface area contributed by atoms with Crippen LogP contribution in [0.25, 0.3) is 0 Å². The lowest BCUT2D eigenvalue weighted by molar-refractivity contribution is -0.289. The molecule has 0 aromatic rings. The summed E-state index contributed by atoms with van der Waals surface area (Å²) >= 11 is 0. The molecule has 0 aromatic heterocycles. The lowest BCUT2D eigenvalue weighted by atomic mass is 9.41. The second-order valence-corrected chi connectivity index (χ2v) is 14.1. The van der Waals surface area contributed by atoms with Crippen LogP contribution in [0, 0.1) is 28.6 Å². The predicted molar refractivity (Wildman–Crippen MR) is 148 cm³/mol. The molecule has 2 heterocycles. The Morgan fingerprint density at radius 1 is 1.10 bits per heavy atom. The highest BCUT2D eigenvalue weighted by atomic mass is 16.7. The summed E-state index contributed by atoms with van der Waals surface area (Å²) in [7, 11) is 1.57. The van der Waals surface area contributed by atoms with Crippen molar-refractivity contribution in [1.82, 2.24) is 0 Å². The molecule has 0 radical (unpaired) electrons. The fourth-order valence-electron chi connectivity index (χ4n) is 10.3. The van der Waals surface area contributed by atoms with E-state index in [4.69, 9.17) is 23.7 Å². The molecule has 5 fully saturated rings. The van der Waals surface area contributed by atoms with Crippen molar-refractivity contribution in [1.29, 1.82) is 0 Å². The number of methoxy groups -OCH3 is 1. The molecule has 2 N–H and O–H groups in total. The maximum Gasteiger partial charge on any atom is 0.331 e. The zero-order chi connectivity index (χ0) is 30.1. The molecule has 1 saturated heterocycles. The Kier molecular flexibility index (Phi) is 7.65. The Morgan fingerprint density at radius 3 is 2.52 bits per heavy atom. The average Bonchev–Trinajstić information content (AvgIpc) is 3.48. The Balaban J connectivity index is 1.18. The molecule has 12 atom stereocenters. The summed E-state index contributed by atoms with van der Waals surface area (Å²) in [5, 5.41) is 24.7. The van der Waals surface area contributed by atoms with Crippen molar-refractivity contribution >= 4 is 18.2 Å². The molecule has 6 aliphatic rings. The van der Waals surface area contributed by atoms with E-state index in [0.29, 0.717) is 51.6 Å². The van der Waals surface area contributed by atoms with Gasteiger partial charge in [0.05, 0.1) is 28.8 Å². The van der Waals surface area contributed by atoms with Crippen molar-refractivity contribution in [3.8, 4) is 0 Å². The third-order valence-electron chi connectivity index (χ3n) is 12.4. The zero-order valence-electron chi connectivity index (χ0n) is 25.2. The number of esters is 2. The highest BCUT2D eigenvalue weighted by Crippen LogP contribution is 2.70. The van der Waals surface area contributed by atoms with Gasteiger partial charge in [-0.15, -0.1) is 0 Å². The van der Waals surface area contributed by atoms with Gasteiger partial charge >= 0.3 is 11.9 Å². The average molecular weight is 591 g/mol. The number of hydrogen-bond donors (Lipinski definition) is 2. The van der Waals surface area contributed by atoms with Gasteiger partial charge in [0.1, 0.15) is 19.0 Å². The summed E-state index contributed by atoms with van der Waals surface area (Å²) in [5.41, 5.74) is -2.60.